The lowest BCUT2D eigenvalue weighted by Crippen LogP contribution is -2.29. The van der Waals surface area contributed by atoms with Gasteiger partial charge in [0.2, 0.25) is 0 Å². The van der Waals surface area contributed by atoms with E-state index in [1.54, 1.807) is 0 Å². The monoisotopic (exact) mass is 776 g/mol. The van der Waals surface area contributed by atoms with Crippen molar-refractivity contribution in [2.75, 3.05) is 0 Å². The molecule has 0 saturated heterocycles. The molecule has 4 aromatic carbocycles. The second-order valence-corrected chi connectivity index (χ2v) is 15.4. The highest BCUT2D eigenvalue weighted by Crippen LogP contribution is 2.43. The number of benzene rings is 4. The van der Waals surface area contributed by atoms with Crippen molar-refractivity contribution in [3.63, 3.8) is 0 Å². The van der Waals surface area contributed by atoms with E-state index in [0.29, 0.717) is 6.42 Å². The predicted molar refractivity (Wildman–Crippen MR) is 221 cm³/mol. The van der Waals surface area contributed by atoms with E-state index in [4.69, 9.17) is 0 Å². The highest BCUT2D eigenvalue weighted by molar-refractivity contribution is 9.10. The van der Waals surface area contributed by atoms with Gasteiger partial charge in [-0.1, -0.05) is 235 Å². The Balaban J connectivity index is 0.000000703. The molecule has 0 atom stereocenters. The zero-order chi connectivity index (χ0) is 37.2. The predicted octanol–water partition coefficient (Wildman–Crippen LogP) is 16.4. The number of halogens is 4. The van der Waals surface area contributed by atoms with Crippen LogP contribution in [0.25, 0.3) is 0 Å². The molecule has 0 amide bonds. The van der Waals surface area contributed by atoms with Crippen LogP contribution in [-0.4, -0.2) is 6.18 Å². The van der Waals surface area contributed by atoms with Crippen molar-refractivity contribution < 1.29 is 13.2 Å². The number of rotatable bonds is 24. The SMILES string of the molecule is CCc1cccc(Br)c1.FC(F)(F)CCCCCCCCCCCCCCCCCCCCC(c1ccccc1)(c1ccccc1)c1ccccc1. The fraction of sp³-hybridized carbons (Fsp3) is 0.500. The van der Waals surface area contributed by atoms with Crippen LogP contribution in [0.4, 0.5) is 13.2 Å². The summed E-state index contributed by atoms with van der Waals surface area (Å²) >= 11 is 3.40. The van der Waals surface area contributed by atoms with E-state index in [1.807, 2.05) is 6.07 Å². The van der Waals surface area contributed by atoms with Crippen molar-refractivity contribution in [2.45, 2.75) is 153 Å². The summed E-state index contributed by atoms with van der Waals surface area (Å²) < 4.78 is 37.6. The van der Waals surface area contributed by atoms with Gasteiger partial charge in [-0.25, -0.2) is 0 Å². The van der Waals surface area contributed by atoms with Gasteiger partial charge in [0.25, 0.3) is 0 Å². The lowest BCUT2D eigenvalue weighted by molar-refractivity contribution is -0.135. The van der Waals surface area contributed by atoms with Gasteiger partial charge in [-0.3, -0.25) is 0 Å². The summed E-state index contributed by atoms with van der Waals surface area (Å²) in [7, 11) is 0. The smallest absolute Gasteiger partial charge is 0.171 e. The average molecular weight is 778 g/mol. The average Bonchev–Trinajstić information content (AvgIpc) is 3.16. The molecule has 0 spiro atoms. The summed E-state index contributed by atoms with van der Waals surface area (Å²) in [5, 5.41) is 0. The maximum absolute atomic E-state index is 12.1. The Hall–Kier alpha value is -2.85. The lowest BCUT2D eigenvalue weighted by atomic mass is 9.66. The molecule has 0 fully saturated rings. The van der Waals surface area contributed by atoms with Crippen LogP contribution in [0, 0.1) is 0 Å². The minimum atomic E-state index is -3.98. The molecule has 0 nitrogen and oxygen atoms in total. The molecule has 0 N–H and O–H groups in total. The third-order valence-corrected chi connectivity index (χ3v) is 10.9. The largest absolute Gasteiger partial charge is 0.389 e. The van der Waals surface area contributed by atoms with Gasteiger partial charge in [0.05, 0.1) is 0 Å². The van der Waals surface area contributed by atoms with Crippen LogP contribution in [-0.2, 0) is 11.8 Å². The fourth-order valence-electron chi connectivity index (χ4n) is 7.40. The Morgan fingerprint density at radius 2 is 0.731 bits per heavy atom. The maximum atomic E-state index is 12.1. The van der Waals surface area contributed by atoms with E-state index in [9.17, 15) is 13.2 Å². The molecule has 0 heterocycles. The zero-order valence-electron chi connectivity index (χ0n) is 31.8. The van der Waals surface area contributed by atoms with Gasteiger partial charge in [0.1, 0.15) is 0 Å². The molecule has 0 saturated carbocycles. The summed E-state index contributed by atoms with van der Waals surface area (Å²) in [6.07, 6.45) is 18.9. The van der Waals surface area contributed by atoms with E-state index < -0.39 is 12.6 Å². The van der Waals surface area contributed by atoms with Gasteiger partial charge in [0.15, 0.2) is 0 Å². The van der Waals surface area contributed by atoms with Crippen molar-refractivity contribution >= 4 is 15.9 Å². The number of hydrogen-bond acceptors (Lipinski definition) is 0. The molecule has 0 bridgehead atoms. The zero-order valence-corrected chi connectivity index (χ0v) is 33.4. The van der Waals surface area contributed by atoms with Crippen molar-refractivity contribution in [3.8, 4) is 0 Å². The van der Waals surface area contributed by atoms with Crippen LogP contribution < -0.4 is 0 Å². The maximum Gasteiger partial charge on any atom is 0.389 e. The number of unbranched alkanes of at least 4 members (excludes halogenated alkanes) is 17. The van der Waals surface area contributed by atoms with Gasteiger partial charge in [-0.15, -0.1) is 0 Å². The van der Waals surface area contributed by atoms with E-state index in [0.717, 1.165) is 32.1 Å². The second kappa shape index (κ2) is 26.0. The molecule has 4 aromatic rings. The lowest BCUT2D eigenvalue weighted by Gasteiger charge is -2.36. The van der Waals surface area contributed by atoms with Crippen LogP contribution in [0.3, 0.4) is 0 Å². The first-order valence-corrected chi connectivity index (χ1v) is 21.1. The van der Waals surface area contributed by atoms with Crippen molar-refractivity contribution in [1.82, 2.24) is 0 Å². The summed E-state index contributed by atoms with van der Waals surface area (Å²) in [5.41, 5.74) is 5.40. The molecule has 0 aliphatic heterocycles. The molecule has 0 radical (unpaired) electrons. The number of aryl methyl sites for hydroxylation is 1. The van der Waals surface area contributed by atoms with E-state index >= 15 is 0 Å². The van der Waals surface area contributed by atoms with Crippen LogP contribution in [0.2, 0.25) is 0 Å². The van der Waals surface area contributed by atoms with Crippen molar-refractivity contribution in [3.05, 3.63) is 142 Å². The Labute approximate surface area is 323 Å². The number of alkyl halides is 3. The minimum Gasteiger partial charge on any atom is -0.171 e. The first kappa shape index (κ1) is 43.6. The third kappa shape index (κ3) is 17.3. The standard InChI is InChI=1S/C40H55F3.C8H9Br/c41-40(42,43)35-27-16-14-12-10-8-6-4-2-1-3-5-7-9-11-13-15-26-34-39(36-28-20-17-21-29-36,37-30-22-18-23-31-37)38-32-24-19-25-33-38;1-2-7-4-3-5-8(9)6-7/h17-25,28-33H,1-16,26-27,34-35H2;3-6H,2H2,1H3. The van der Waals surface area contributed by atoms with Crippen LogP contribution in [0.1, 0.15) is 158 Å². The first-order valence-electron chi connectivity index (χ1n) is 20.3. The molecular weight excluding hydrogens is 713 g/mol. The molecule has 4 rings (SSSR count). The topological polar surface area (TPSA) is 0 Å². The first-order chi connectivity index (χ1) is 25.3. The Kier molecular flexibility index (Phi) is 21.8. The van der Waals surface area contributed by atoms with Gasteiger partial charge in [-0.05, 0) is 53.6 Å². The Morgan fingerprint density at radius 3 is 1.02 bits per heavy atom. The van der Waals surface area contributed by atoms with E-state index in [2.05, 4.69) is 132 Å². The van der Waals surface area contributed by atoms with Crippen molar-refractivity contribution in [2.24, 2.45) is 0 Å². The molecule has 284 valence electrons. The normalized spacial score (nSPS) is 11.6. The van der Waals surface area contributed by atoms with Gasteiger partial charge < -0.3 is 0 Å². The number of hydrogen-bond donors (Lipinski definition) is 0. The van der Waals surface area contributed by atoms with Crippen molar-refractivity contribution in [1.29, 1.82) is 0 Å². The third-order valence-electron chi connectivity index (χ3n) is 10.4. The summed E-state index contributed by atoms with van der Waals surface area (Å²) in [5.74, 6) is 0. The summed E-state index contributed by atoms with van der Waals surface area (Å²) in [4.78, 5) is 0. The van der Waals surface area contributed by atoms with E-state index in [1.165, 1.54) is 117 Å². The molecular formula is C48H64BrF3. The highest BCUT2D eigenvalue weighted by Gasteiger charge is 2.35. The summed E-state index contributed by atoms with van der Waals surface area (Å²) in [6.45, 7) is 2.15. The van der Waals surface area contributed by atoms with Crippen LogP contribution in [0.15, 0.2) is 120 Å². The quantitative estimate of drug-likeness (QED) is 0.0491. The Bertz CT molecular complexity index is 1320. The van der Waals surface area contributed by atoms with Gasteiger partial charge in [-0.2, -0.15) is 13.2 Å². The van der Waals surface area contributed by atoms with E-state index in [-0.39, 0.29) is 5.41 Å². The fourth-order valence-corrected chi connectivity index (χ4v) is 7.85. The van der Waals surface area contributed by atoms with Gasteiger partial charge >= 0.3 is 6.18 Å². The Morgan fingerprint density at radius 1 is 0.404 bits per heavy atom. The molecule has 0 aliphatic rings. The molecule has 0 unspecified atom stereocenters. The molecule has 4 heteroatoms. The molecule has 52 heavy (non-hydrogen) atoms. The molecule has 0 aliphatic carbocycles. The molecule has 0 aromatic heterocycles. The van der Waals surface area contributed by atoms with Gasteiger partial charge in [0, 0.05) is 16.3 Å². The van der Waals surface area contributed by atoms with Crippen LogP contribution >= 0.6 is 15.9 Å². The summed E-state index contributed by atoms with van der Waals surface area (Å²) in [6, 6.07) is 41.6. The minimum absolute atomic E-state index is 0.122. The second-order valence-electron chi connectivity index (χ2n) is 14.5. The van der Waals surface area contributed by atoms with Crippen LogP contribution in [0.5, 0.6) is 0 Å². The highest BCUT2D eigenvalue weighted by atomic mass is 79.9.